The Labute approximate surface area is 171 Å². The molecule has 0 fully saturated rings. The number of halogens is 1. The van der Waals surface area contributed by atoms with Crippen LogP contribution in [0.2, 0.25) is 5.02 Å². The Kier molecular flexibility index (Phi) is 4.07. The van der Waals surface area contributed by atoms with Gasteiger partial charge in [-0.2, -0.15) is 0 Å². The van der Waals surface area contributed by atoms with Crippen molar-refractivity contribution in [3.8, 4) is 22.8 Å². The molecule has 0 spiro atoms. The number of carboxylic acid groups (broad SMARTS) is 1. The Morgan fingerprint density at radius 2 is 1.66 bits per heavy atom. The summed E-state index contributed by atoms with van der Waals surface area (Å²) in [6, 6.07) is 23.7. The zero-order chi connectivity index (χ0) is 20.0. The fourth-order valence-corrected chi connectivity index (χ4v) is 3.80. The smallest absolute Gasteiger partial charge is 0.153 e. The summed E-state index contributed by atoms with van der Waals surface area (Å²) in [5.41, 5.74) is 1.83. The number of aromatic nitrogens is 1. The van der Waals surface area contributed by atoms with Gasteiger partial charge in [0.15, 0.2) is 5.76 Å². The van der Waals surface area contributed by atoms with Crippen LogP contribution >= 0.6 is 11.6 Å². The van der Waals surface area contributed by atoms with E-state index >= 15 is 0 Å². The van der Waals surface area contributed by atoms with E-state index in [-0.39, 0.29) is 5.56 Å². The summed E-state index contributed by atoms with van der Waals surface area (Å²) in [4.78, 5) is 16.6. The molecule has 29 heavy (non-hydrogen) atoms. The minimum atomic E-state index is -1.26. The van der Waals surface area contributed by atoms with Crippen molar-refractivity contribution in [1.29, 1.82) is 0 Å². The highest BCUT2D eigenvalue weighted by Crippen LogP contribution is 2.34. The monoisotopic (exact) mass is 398 g/mol. The minimum Gasteiger partial charge on any atom is -0.545 e. The molecule has 5 heteroatoms. The van der Waals surface area contributed by atoms with Gasteiger partial charge in [0.05, 0.1) is 16.5 Å². The average Bonchev–Trinajstić information content (AvgIpc) is 3.23. The van der Waals surface area contributed by atoms with E-state index in [0.29, 0.717) is 33.1 Å². The second-order valence-electron chi connectivity index (χ2n) is 6.67. The summed E-state index contributed by atoms with van der Waals surface area (Å²) < 4.78 is 5.95. The number of nitrogens with zero attached hydrogens (tertiary/aromatic N) is 1. The van der Waals surface area contributed by atoms with Crippen molar-refractivity contribution in [2.75, 3.05) is 0 Å². The van der Waals surface area contributed by atoms with E-state index in [4.69, 9.17) is 16.0 Å². The van der Waals surface area contributed by atoms with Gasteiger partial charge >= 0.3 is 0 Å². The first kappa shape index (κ1) is 17.5. The van der Waals surface area contributed by atoms with E-state index in [1.54, 1.807) is 18.2 Å². The van der Waals surface area contributed by atoms with Crippen molar-refractivity contribution in [2.24, 2.45) is 0 Å². The van der Waals surface area contributed by atoms with Crippen molar-refractivity contribution < 1.29 is 14.3 Å². The lowest BCUT2D eigenvalue weighted by molar-refractivity contribution is -0.254. The van der Waals surface area contributed by atoms with Gasteiger partial charge < -0.3 is 14.3 Å². The van der Waals surface area contributed by atoms with Crippen LogP contribution in [0, 0.1) is 0 Å². The molecule has 140 valence electrons. The summed E-state index contributed by atoms with van der Waals surface area (Å²) >= 11 is 6.25. The van der Waals surface area contributed by atoms with Gasteiger partial charge in [-0.1, -0.05) is 54.1 Å². The predicted molar refractivity (Wildman–Crippen MR) is 112 cm³/mol. The first-order valence-corrected chi connectivity index (χ1v) is 9.38. The number of hydrogen-bond donors (Lipinski definition) is 0. The normalized spacial score (nSPS) is 11.2. The van der Waals surface area contributed by atoms with Crippen LogP contribution in [0.15, 0.2) is 83.3 Å². The van der Waals surface area contributed by atoms with Crippen LogP contribution < -0.4 is 5.11 Å². The lowest BCUT2D eigenvalue weighted by Gasteiger charge is -2.12. The quantitative estimate of drug-likeness (QED) is 0.385. The molecule has 4 nitrogen and oxygen atoms in total. The number of rotatable bonds is 3. The molecule has 0 unspecified atom stereocenters. The van der Waals surface area contributed by atoms with Crippen LogP contribution in [0.1, 0.15) is 10.4 Å². The second kappa shape index (κ2) is 6.76. The zero-order valence-corrected chi connectivity index (χ0v) is 15.8. The number of benzene rings is 3. The van der Waals surface area contributed by atoms with Gasteiger partial charge in [-0.25, -0.2) is 4.98 Å². The number of carbonyl (C=O) groups excluding carboxylic acids is 1. The lowest BCUT2D eigenvalue weighted by Crippen LogP contribution is -2.22. The van der Waals surface area contributed by atoms with Crippen LogP contribution in [0.25, 0.3) is 44.5 Å². The lowest BCUT2D eigenvalue weighted by atomic mass is 10.00. The van der Waals surface area contributed by atoms with E-state index < -0.39 is 5.97 Å². The minimum absolute atomic E-state index is 0.0810. The Balaban J connectivity index is 1.72. The number of carboxylic acids is 1. The second-order valence-corrected chi connectivity index (χ2v) is 7.07. The van der Waals surface area contributed by atoms with E-state index in [2.05, 4.69) is 4.98 Å². The molecule has 0 radical (unpaired) electrons. The summed E-state index contributed by atoms with van der Waals surface area (Å²) in [6.45, 7) is 0. The third-order valence-electron chi connectivity index (χ3n) is 4.92. The molecule has 0 amide bonds. The molecule has 0 atom stereocenters. The Morgan fingerprint density at radius 3 is 2.48 bits per heavy atom. The van der Waals surface area contributed by atoms with Crippen molar-refractivity contribution in [2.45, 2.75) is 0 Å². The maximum Gasteiger partial charge on any atom is 0.153 e. The van der Waals surface area contributed by atoms with Gasteiger partial charge in [-0.3, -0.25) is 0 Å². The van der Waals surface area contributed by atoms with Crippen molar-refractivity contribution in [3.63, 3.8) is 0 Å². The zero-order valence-electron chi connectivity index (χ0n) is 15.1. The molecule has 5 aromatic rings. The molecule has 0 N–H and O–H groups in total. The standard InChI is InChI=1S/C24H14ClNO3/c25-18-8-4-3-7-16(18)21-11-12-22(29-21)20-13-17(24(27)28)23-15-6-2-1-5-14(15)9-10-19(23)26-20/h1-13H,(H,27,28)/p-1. The Morgan fingerprint density at radius 1 is 0.897 bits per heavy atom. The first-order chi connectivity index (χ1) is 14.1. The molecule has 0 saturated carbocycles. The highest BCUT2D eigenvalue weighted by Gasteiger charge is 2.15. The fraction of sp³-hybridized carbons (Fsp3) is 0. The molecule has 0 aliphatic rings. The third kappa shape index (κ3) is 2.94. The van der Waals surface area contributed by atoms with Gasteiger partial charge in [0, 0.05) is 16.5 Å². The van der Waals surface area contributed by atoms with E-state index in [1.165, 1.54) is 6.07 Å². The molecule has 0 bridgehead atoms. The van der Waals surface area contributed by atoms with Crippen LogP contribution in [0.3, 0.4) is 0 Å². The van der Waals surface area contributed by atoms with E-state index in [1.807, 2.05) is 54.6 Å². The maximum absolute atomic E-state index is 11.9. The Bertz CT molecular complexity index is 1400. The molecule has 2 aromatic heterocycles. The summed E-state index contributed by atoms with van der Waals surface area (Å²) in [6.07, 6.45) is 0. The molecular formula is C24H13ClNO3-. The van der Waals surface area contributed by atoms with Crippen molar-refractivity contribution in [3.05, 3.63) is 89.4 Å². The third-order valence-corrected chi connectivity index (χ3v) is 5.25. The van der Waals surface area contributed by atoms with E-state index in [0.717, 1.165) is 16.3 Å². The highest BCUT2D eigenvalue weighted by molar-refractivity contribution is 6.33. The number of hydrogen-bond acceptors (Lipinski definition) is 4. The predicted octanol–water partition coefficient (Wildman–Crippen LogP) is 5.33. The SMILES string of the molecule is O=C([O-])c1cc(-c2ccc(-c3ccccc3Cl)o2)nc2ccc3ccccc3c12. The number of aromatic carboxylic acids is 1. The number of carbonyl (C=O) groups is 1. The van der Waals surface area contributed by atoms with Crippen LogP contribution in [0.4, 0.5) is 0 Å². The Hall–Kier alpha value is -3.63. The van der Waals surface area contributed by atoms with Gasteiger partial charge in [-0.15, -0.1) is 0 Å². The number of pyridine rings is 1. The van der Waals surface area contributed by atoms with Gasteiger partial charge in [0.1, 0.15) is 11.5 Å². The molecule has 0 saturated heterocycles. The summed E-state index contributed by atoms with van der Waals surface area (Å²) in [5.74, 6) is -0.216. The van der Waals surface area contributed by atoms with Gasteiger partial charge in [0.2, 0.25) is 0 Å². The van der Waals surface area contributed by atoms with Crippen molar-refractivity contribution >= 4 is 39.2 Å². The van der Waals surface area contributed by atoms with Gasteiger partial charge in [-0.05, 0) is 47.2 Å². The molecule has 3 aromatic carbocycles. The van der Waals surface area contributed by atoms with Gasteiger partial charge in [0.25, 0.3) is 0 Å². The molecule has 2 heterocycles. The highest BCUT2D eigenvalue weighted by atomic mass is 35.5. The number of furan rings is 1. The summed E-state index contributed by atoms with van der Waals surface area (Å²) in [7, 11) is 0. The largest absolute Gasteiger partial charge is 0.545 e. The fourth-order valence-electron chi connectivity index (χ4n) is 3.58. The topological polar surface area (TPSA) is 66.2 Å². The van der Waals surface area contributed by atoms with Crippen molar-refractivity contribution in [1.82, 2.24) is 4.98 Å². The molecule has 0 aliphatic heterocycles. The molecule has 5 rings (SSSR count). The average molecular weight is 399 g/mol. The van der Waals surface area contributed by atoms with Crippen LogP contribution in [0.5, 0.6) is 0 Å². The maximum atomic E-state index is 11.9. The number of fused-ring (bicyclic) bond motifs is 3. The first-order valence-electron chi connectivity index (χ1n) is 9.01. The summed E-state index contributed by atoms with van der Waals surface area (Å²) in [5, 5.41) is 14.8. The molecule has 0 aliphatic carbocycles. The molecular weight excluding hydrogens is 386 g/mol. The van der Waals surface area contributed by atoms with E-state index in [9.17, 15) is 9.90 Å². The van der Waals surface area contributed by atoms with Crippen LogP contribution in [-0.2, 0) is 0 Å². The van der Waals surface area contributed by atoms with Crippen LogP contribution in [-0.4, -0.2) is 11.0 Å².